The molecular weight excluding hydrogens is 302 g/mol. The Morgan fingerprint density at radius 1 is 1.14 bits per heavy atom. The molecule has 112 valence electrons. The lowest BCUT2D eigenvalue weighted by Gasteiger charge is -2.16. The van der Waals surface area contributed by atoms with Crippen LogP contribution in [0.1, 0.15) is 24.1 Å². The molecule has 2 N–H and O–H groups in total. The van der Waals surface area contributed by atoms with Gasteiger partial charge in [0.15, 0.2) is 0 Å². The lowest BCUT2D eigenvalue weighted by Crippen LogP contribution is -2.14. The van der Waals surface area contributed by atoms with Crippen LogP contribution < -0.4 is 10.5 Å². The fourth-order valence-electron chi connectivity index (χ4n) is 2.05. The Kier molecular flexibility index (Phi) is 6.43. The van der Waals surface area contributed by atoms with E-state index in [1.165, 1.54) is 5.56 Å². The second-order valence-electron chi connectivity index (χ2n) is 4.72. The summed E-state index contributed by atoms with van der Waals surface area (Å²) in [6, 6.07) is 15.9. The molecule has 2 rings (SSSR count). The first-order valence-corrected chi connectivity index (χ1v) is 8.53. The van der Waals surface area contributed by atoms with Crippen LogP contribution in [0.3, 0.4) is 0 Å². The highest BCUT2D eigenvalue weighted by Crippen LogP contribution is 2.27. The van der Waals surface area contributed by atoms with Crippen molar-refractivity contribution < 1.29 is 4.74 Å². The number of benzene rings is 2. The maximum Gasteiger partial charge on any atom is 0.124 e. The van der Waals surface area contributed by atoms with Crippen molar-refractivity contribution in [3.05, 3.63) is 64.7 Å². The maximum atomic E-state index is 6.29. The van der Waals surface area contributed by atoms with Gasteiger partial charge >= 0.3 is 0 Å². The fraction of sp³-hybridized carbons (Fsp3) is 0.294. The van der Waals surface area contributed by atoms with Crippen LogP contribution in [0.5, 0.6) is 5.75 Å². The number of ether oxygens (including phenoxy) is 1. The summed E-state index contributed by atoms with van der Waals surface area (Å²) >= 11 is 7.70. The molecule has 21 heavy (non-hydrogen) atoms. The molecule has 0 spiro atoms. The standard InChI is InChI=1S/C17H20ClNOS/c1-2-20-17-6-4-3-5-15(17)16(19)12-21-11-13-7-9-14(18)10-8-13/h3-10,16H,2,11-12,19H2,1H3. The highest BCUT2D eigenvalue weighted by Gasteiger charge is 2.11. The number of thioether (sulfide) groups is 1. The summed E-state index contributed by atoms with van der Waals surface area (Å²) in [5, 5.41) is 0.770. The molecule has 0 aliphatic heterocycles. The molecule has 0 amide bonds. The summed E-state index contributed by atoms with van der Waals surface area (Å²) in [6.45, 7) is 2.64. The zero-order valence-corrected chi connectivity index (χ0v) is 13.7. The van der Waals surface area contributed by atoms with Crippen molar-refractivity contribution >= 4 is 23.4 Å². The normalized spacial score (nSPS) is 12.1. The largest absolute Gasteiger partial charge is 0.494 e. The molecule has 2 aromatic carbocycles. The van der Waals surface area contributed by atoms with Crippen molar-refractivity contribution in [2.75, 3.05) is 12.4 Å². The second kappa shape index (κ2) is 8.32. The van der Waals surface area contributed by atoms with Crippen molar-refractivity contribution in [2.24, 2.45) is 5.73 Å². The van der Waals surface area contributed by atoms with E-state index in [0.717, 1.165) is 27.8 Å². The van der Waals surface area contributed by atoms with Gasteiger partial charge < -0.3 is 10.5 Å². The third-order valence-corrected chi connectivity index (χ3v) is 4.48. The highest BCUT2D eigenvalue weighted by atomic mass is 35.5. The second-order valence-corrected chi connectivity index (χ2v) is 6.19. The van der Waals surface area contributed by atoms with Gasteiger partial charge in [-0.15, -0.1) is 0 Å². The molecule has 1 unspecified atom stereocenters. The zero-order valence-electron chi connectivity index (χ0n) is 12.1. The quantitative estimate of drug-likeness (QED) is 0.804. The third-order valence-electron chi connectivity index (χ3n) is 3.10. The van der Waals surface area contributed by atoms with Crippen LogP contribution in [0.4, 0.5) is 0 Å². The van der Waals surface area contributed by atoms with Crippen LogP contribution in [0, 0.1) is 0 Å². The van der Waals surface area contributed by atoms with Crippen molar-refractivity contribution in [3.63, 3.8) is 0 Å². The molecule has 0 aromatic heterocycles. The summed E-state index contributed by atoms with van der Waals surface area (Å²) in [4.78, 5) is 0. The van der Waals surface area contributed by atoms with Crippen molar-refractivity contribution in [3.8, 4) is 5.75 Å². The molecule has 0 heterocycles. The van der Waals surface area contributed by atoms with Crippen molar-refractivity contribution in [2.45, 2.75) is 18.7 Å². The predicted molar refractivity (Wildman–Crippen MR) is 92.2 cm³/mol. The van der Waals surface area contributed by atoms with E-state index < -0.39 is 0 Å². The van der Waals surface area contributed by atoms with Gasteiger partial charge in [-0.3, -0.25) is 0 Å². The van der Waals surface area contributed by atoms with E-state index in [1.807, 2.05) is 55.1 Å². The van der Waals surface area contributed by atoms with E-state index in [2.05, 4.69) is 12.1 Å². The number of hydrogen-bond acceptors (Lipinski definition) is 3. The Morgan fingerprint density at radius 3 is 2.57 bits per heavy atom. The predicted octanol–water partition coefficient (Wildman–Crippen LogP) is 4.67. The lowest BCUT2D eigenvalue weighted by molar-refractivity contribution is 0.335. The SMILES string of the molecule is CCOc1ccccc1C(N)CSCc1ccc(Cl)cc1. The summed E-state index contributed by atoms with van der Waals surface area (Å²) in [6.07, 6.45) is 0. The van der Waals surface area contributed by atoms with Gasteiger partial charge in [0.1, 0.15) is 5.75 Å². The Balaban J connectivity index is 1.89. The Labute approximate surface area is 135 Å². The number of para-hydroxylation sites is 1. The average molecular weight is 322 g/mol. The minimum atomic E-state index is -0.0231. The van der Waals surface area contributed by atoms with Gasteiger partial charge in [-0.25, -0.2) is 0 Å². The first kappa shape index (κ1) is 16.2. The number of halogens is 1. The molecule has 0 aliphatic carbocycles. The summed E-state index contributed by atoms with van der Waals surface area (Å²) < 4.78 is 5.63. The van der Waals surface area contributed by atoms with E-state index in [1.54, 1.807) is 0 Å². The number of hydrogen-bond donors (Lipinski definition) is 1. The maximum absolute atomic E-state index is 6.29. The smallest absolute Gasteiger partial charge is 0.124 e. The Bertz CT molecular complexity index is 559. The first-order chi connectivity index (χ1) is 10.2. The molecule has 0 aliphatic rings. The molecule has 0 bridgehead atoms. The molecule has 0 fully saturated rings. The topological polar surface area (TPSA) is 35.2 Å². The summed E-state index contributed by atoms with van der Waals surface area (Å²) in [5.41, 5.74) is 8.62. The molecule has 2 nitrogen and oxygen atoms in total. The van der Waals surface area contributed by atoms with Gasteiger partial charge in [0.2, 0.25) is 0 Å². The Hall–Kier alpha value is -1.16. The minimum Gasteiger partial charge on any atom is -0.494 e. The highest BCUT2D eigenvalue weighted by molar-refractivity contribution is 7.98. The summed E-state index contributed by atoms with van der Waals surface area (Å²) in [7, 11) is 0. The van der Waals surface area contributed by atoms with Crippen LogP contribution in [-0.4, -0.2) is 12.4 Å². The van der Waals surface area contributed by atoms with Gasteiger partial charge in [-0.2, -0.15) is 11.8 Å². The van der Waals surface area contributed by atoms with E-state index in [0.29, 0.717) is 6.61 Å². The number of rotatable bonds is 7. The van der Waals surface area contributed by atoms with Crippen molar-refractivity contribution in [1.82, 2.24) is 0 Å². The van der Waals surface area contributed by atoms with Crippen LogP contribution in [0.15, 0.2) is 48.5 Å². The molecule has 4 heteroatoms. The van der Waals surface area contributed by atoms with E-state index in [4.69, 9.17) is 22.1 Å². The van der Waals surface area contributed by atoms with E-state index >= 15 is 0 Å². The van der Waals surface area contributed by atoms with Gasteiger partial charge in [-0.1, -0.05) is 41.9 Å². The lowest BCUT2D eigenvalue weighted by atomic mass is 10.1. The fourth-order valence-corrected chi connectivity index (χ4v) is 3.15. The Morgan fingerprint density at radius 2 is 1.86 bits per heavy atom. The monoisotopic (exact) mass is 321 g/mol. The third kappa shape index (κ3) is 4.95. The molecule has 1 atom stereocenters. The van der Waals surface area contributed by atoms with Crippen LogP contribution in [-0.2, 0) is 5.75 Å². The molecular formula is C17H20ClNOS. The molecule has 0 saturated carbocycles. The van der Waals surface area contributed by atoms with Crippen LogP contribution >= 0.6 is 23.4 Å². The minimum absolute atomic E-state index is 0.0231. The zero-order chi connectivity index (χ0) is 15.1. The van der Waals surface area contributed by atoms with Crippen molar-refractivity contribution in [1.29, 1.82) is 0 Å². The van der Waals surface area contributed by atoms with Gasteiger partial charge in [0.25, 0.3) is 0 Å². The van der Waals surface area contributed by atoms with E-state index in [-0.39, 0.29) is 6.04 Å². The molecule has 0 saturated heterocycles. The first-order valence-electron chi connectivity index (χ1n) is 7.00. The van der Waals surface area contributed by atoms with Gasteiger partial charge in [0, 0.05) is 28.1 Å². The van der Waals surface area contributed by atoms with Crippen LogP contribution in [0.25, 0.3) is 0 Å². The van der Waals surface area contributed by atoms with Gasteiger partial charge in [0.05, 0.1) is 6.61 Å². The molecule has 2 aromatic rings. The molecule has 0 radical (unpaired) electrons. The summed E-state index contributed by atoms with van der Waals surface area (Å²) in [5.74, 6) is 2.67. The number of nitrogens with two attached hydrogens (primary N) is 1. The van der Waals surface area contributed by atoms with Crippen LogP contribution in [0.2, 0.25) is 5.02 Å². The van der Waals surface area contributed by atoms with E-state index in [9.17, 15) is 0 Å². The van der Waals surface area contributed by atoms with Gasteiger partial charge in [-0.05, 0) is 30.7 Å². The average Bonchev–Trinajstić information content (AvgIpc) is 2.50.